The molecule has 2 aromatic heterocycles. The number of aromatic nitrogens is 2. The van der Waals surface area contributed by atoms with Gasteiger partial charge >= 0.3 is 0 Å². The molecule has 2 heterocycles. The number of hydrogen-bond donors (Lipinski definition) is 2. The zero-order valence-electron chi connectivity index (χ0n) is 9.93. The lowest BCUT2D eigenvalue weighted by Crippen LogP contribution is -2.07. The summed E-state index contributed by atoms with van der Waals surface area (Å²) in [4.78, 5) is 8.71. The number of nitrogens with zero attached hydrogens (tertiary/aromatic N) is 2. The Morgan fingerprint density at radius 2 is 2.11 bits per heavy atom. The molecule has 4 nitrogen and oxygen atoms in total. The molecule has 1 fully saturated rings. The van der Waals surface area contributed by atoms with Gasteiger partial charge in [-0.05, 0) is 25.0 Å². The number of nitrogens with one attached hydrogen (secondary N) is 1. The molecule has 0 radical (unpaired) electrons. The molecule has 3 rings (SSSR count). The predicted octanol–water partition coefficient (Wildman–Crippen LogP) is 2.36. The highest BCUT2D eigenvalue weighted by Crippen LogP contribution is 2.35. The Kier molecular flexibility index (Phi) is 2.55. The van der Waals surface area contributed by atoms with Gasteiger partial charge in [-0.3, -0.25) is 9.97 Å². The van der Waals surface area contributed by atoms with Crippen LogP contribution in [-0.4, -0.2) is 15.7 Å². The van der Waals surface area contributed by atoms with E-state index in [1.54, 1.807) is 12.4 Å². The minimum atomic E-state index is 0.348. The smallest absolute Gasteiger partial charge is 0.0997 e. The molecule has 0 spiro atoms. The van der Waals surface area contributed by atoms with Crippen LogP contribution in [0.5, 0.6) is 0 Å². The molecule has 0 aromatic carbocycles. The molecule has 1 saturated carbocycles. The number of hydrogen-bond acceptors (Lipinski definition) is 4. The molecule has 1 aliphatic carbocycles. The Morgan fingerprint density at radius 1 is 1.28 bits per heavy atom. The SMILES string of the molecule is N=C(/C(=C\N)c1nccc2cccnc12)C1CC1. The lowest BCUT2D eigenvalue weighted by molar-refractivity contribution is 1.17. The molecule has 1 aliphatic rings. The van der Waals surface area contributed by atoms with Gasteiger partial charge < -0.3 is 11.1 Å². The third-order valence-electron chi connectivity index (χ3n) is 3.22. The van der Waals surface area contributed by atoms with Crippen LogP contribution in [0, 0.1) is 11.3 Å². The van der Waals surface area contributed by atoms with E-state index >= 15 is 0 Å². The van der Waals surface area contributed by atoms with Crippen LogP contribution >= 0.6 is 0 Å². The third-order valence-corrected chi connectivity index (χ3v) is 3.22. The van der Waals surface area contributed by atoms with E-state index in [9.17, 15) is 0 Å². The molecule has 0 saturated heterocycles. The van der Waals surface area contributed by atoms with Crippen molar-refractivity contribution in [2.45, 2.75) is 12.8 Å². The van der Waals surface area contributed by atoms with E-state index in [0.717, 1.165) is 23.7 Å². The molecule has 0 bridgehead atoms. The van der Waals surface area contributed by atoms with Crippen molar-refractivity contribution in [3.05, 3.63) is 42.5 Å². The highest BCUT2D eigenvalue weighted by molar-refractivity contribution is 6.25. The fourth-order valence-corrected chi connectivity index (χ4v) is 2.09. The monoisotopic (exact) mass is 238 g/mol. The fourth-order valence-electron chi connectivity index (χ4n) is 2.09. The van der Waals surface area contributed by atoms with Crippen LogP contribution < -0.4 is 5.73 Å². The summed E-state index contributed by atoms with van der Waals surface area (Å²) in [6.07, 6.45) is 7.12. The first-order chi connectivity index (χ1) is 8.81. The van der Waals surface area contributed by atoms with Gasteiger partial charge in [-0.25, -0.2) is 0 Å². The van der Waals surface area contributed by atoms with Crippen molar-refractivity contribution in [2.24, 2.45) is 11.7 Å². The highest BCUT2D eigenvalue weighted by atomic mass is 14.8. The summed E-state index contributed by atoms with van der Waals surface area (Å²) in [6, 6.07) is 5.80. The largest absolute Gasteiger partial charge is 0.404 e. The van der Waals surface area contributed by atoms with E-state index < -0.39 is 0 Å². The maximum Gasteiger partial charge on any atom is 0.0997 e. The van der Waals surface area contributed by atoms with Crippen molar-refractivity contribution in [2.75, 3.05) is 0 Å². The van der Waals surface area contributed by atoms with Gasteiger partial charge in [0, 0.05) is 41.2 Å². The zero-order chi connectivity index (χ0) is 12.5. The van der Waals surface area contributed by atoms with Crippen LogP contribution in [0.15, 0.2) is 36.8 Å². The normalized spacial score (nSPS) is 15.9. The number of pyridine rings is 2. The maximum atomic E-state index is 8.16. The van der Waals surface area contributed by atoms with E-state index in [2.05, 4.69) is 9.97 Å². The summed E-state index contributed by atoms with van der Waals surface area (Å²) in [6.45, 7) is 0. The van der Waals surface area contributed by atoms with Crippen LogP contribution in [0.25, 0.3) is 16.5 Å². The average Bonchev–Trinajstić information content (AvgIpc) is 3.24. The molecule has 0 aliphatic heterocycles. The van der Waals surface area contributed by atoms with Gasteiger partial charge in [-0.2, -0.15) is 0 Å². The average molecular weight is 238 g/mol. The molecule has 4 heteroatoms. The van der Waals surface area contributed by atoms with Crippen LogP contribution in [0.3, 0.4) is 0 Å². The molecule has 3 N–H and O–H groups in total. The van der Waals surface area contributed by atoms with E-state index in [1.807, 2.05) is 18.2 Å². The molecule has 0 amide bonds. The van der Waals surface area contributed by atoms with Crippen LogP contribution in [0.4, 0.5) is 0 Å². The van der Waals surface area contributed by atoms with Gasteiger partial charge in [0.1, 0.15) is 0 Å². The second-order valence-electron chi connectivity index (χ2n) is 4.50. The molecule has 90 valence electrons. The molecular weight excluding hydrogens is 224 g/mol. The fraction of sp³-hybridized carbons (Fsp3) is 0.214. The topological polar surface area (TPSA) is 75.7 Å². The standard InChI is InChI=1S/C14H14N4/c15-8-11(12(16)9-3-4-9)14-13-10(5-7-18-14)2-1-6-17-13/h1-2,5-9,16H,3-4,15H2/b11-8+,16-12?. The van der Waals surface area contributed by atoms with Crippen molar-refractivity contribution >= 4 is 22.2 Å². The summed E-state index contributed by atoms with van der Waals surface area (Å²) in [5.41, 5.74) is 8.51. The van der Waals surface area contributed by atoms with Gasteiger partial charge in [0.25, 0.3) is 0 Å². The van der Waals surface area contributed by atoms with Crippen LogP contribution in [0.1, 0.15) is 18.5 Å². The first-order valence-corrected chi connectivity index (χ1v) is 6.02. The van der Waals surface area contributed by atoms with Crippen molar-refractivity contribution < 1.29 is 0 Å². The molecule has 2 aromatic rings. The Balaban J connectivity index is 2.15. The van der Waals surface area contributed by atoms with Gasteiger partial charge in [0.2, 0.25) is 0 Å². The lowest BCUT2D eigenvalue weighted by Gasteiger charge is -2.09. The number of nitrogens with two attached hydrogens (primary N) is 1. The Bertz CT molecular complexity index is 636. The van der Waals surface area contributed by atoms with Crippen molar-refractivity contribution in [3.63, 3.8) is 0 Å². The Labute approximate surface area is 105 Å². The maximum absolute atomic E-state index is 8.16. The lowest BCUT2D eigenvalue weighted by atomic mass is 10.0. The summed E-state index contributed by atoms with van der Waals surface area (Å²) in [5.74, 6) is 0.348. The number of rotatable bonds is 3. The highest BCUT2D eigenvalue weighted by Gasteiger charge is 2.30. The molecule has 18 heavy (non-hydrogen) atoms. The van der Waals surface area contributed by atoms with E-state index in [1.165, 1.54) is 6.20 Å². The summed E-state index contributed by atoms with van der Waals surface area (Å²) in [5, 5.41) is 9.18. The van der Waals surface area contributed by atoms with Crippen molar-refractivity contribution in [3.8, 4) is 0 Å². The number of fused-ring (bicyclic) bond motifs is 1. The second kappa shape index (κ2) is 4.22. The van der Waals surface area contributed by atoms with Gasteiger partial charge in [-0.1, -0.05) is 6.07 Å². The van der Waals surface area contributed by atoms with E-state index in [0.29, 0.717) is 22.9 Å². The van der Waals surface area contributed by atoms with Gasteiger partial charge in [0.05, 0.1) is 11.2 Å². The molecule has 0 atom stereocenters. The number of allylic oxidation sites excluding steroid dienone is 1. The quantitative estimate of drug-likeness (QED) is 0.806. The second-order valence-corrected chi connectivity index (χ2v) is 4.50. The molecule has 0 unspecified atom stereocenters. The van der Waals surface area contributed by atoms with Crippen LogP contribution in [0.2, 0.25) is 0 Å². The van der Waals surface area contributed by atoms with Crippen molar-refractivity contribution in [1.82, 2.24) is 9.97 Å². The van der Waals surface area contributed by atoms with E-state index in [-0.39, 0.29) is 0 Å². The minimum Gasteiger partial charge on any atom is -0.404 e. The van der Waals surface area contributed by atoms with Crippen LogP contribution in [-0.2, 0) is 0 Å². The molecular formula is C14H14N4. The Hall–Kier alpha value is -2.23. The van der Waals surface area contributed by atoms with E-state index in [4.69, 9.17) is 11.1 Å². The Morgan fingerprint density at radius 3 is 2.83 bits per heavy atom. The summed E-state index contributed by atoms with van der Waals surface area (Å²) < 4.78 is 0. The minimum absolute atomic E-state index is 0.348. The summed E-state index contributed by atoms with van der Waals surface area (Å²) in [7, 11) is 0. The predicted molar refractivity (Wildman–Crippen MR) is 72.2 cm³/mol. The third kappa shape index (κ3) is 1.76. The first-order valence-electron chi connectivity index (χ1n) is 6.02. The van der Waals surface area contributed by atoms with Gasteiger partial charge in [0.15, 0.2) is 0 Å². The summed E-state index contributed by atoms with van der Waals surface area (Å²) >= 11 is 0. The first kappa shape index (κ1) is 10.9. The van der Waals surface area contributed by atoms with Crippen molar-refractivity contribution in [1.29, 1.82) is 5.41 Å². The van der Waals surface area contributed by atoms with Gasteiger partial charge in [-0.15, -0.1) is 0 Å². The zero-order valence-corrected chi connectivity index (χ0v) is 9.93.